The Morgan fingerprint density at radius 3 is 2.64 bits per heavy atom. The lowest BCUT2D eigenvalue weighted by molar-refractivity contribution is 0.0376. The van der Waals surface area contributed by atoms with Gasteiger partial charge in [0.25, 0.3) is 0 Å². The number of urea groups is 1. The number of nitrogens with one attached hydrogen (secondary N) is 1. The van der Waals surface area contributed by atoms with E-state index < -0.39 is 0 Å². The lowest BCUT2D eigenvalue weighted by atomic mass is 9.88. The van der Waals surface area contributed by atoms with E-state index in [1.165, 1.54) is 11.1 Å². The van der Waals surface area contributed by atoms with Crippen LogP contribution in [-0.2, 0) is 17.6 Å². The number of methoxy groups -OCH3 is 2. The molecule has 1 aromatic heterocycles. The second kappa shape index (κ2) is 10.7. The average Bonchev–Trinajstić information content (AvgIpc) is 3.34. The fourth-order valence-corrected chi connectivity index (χ4v) is 5.47. The van der Waals surface area contributed by atoms with E-state index in [9.17, 15) is 4.79 Å². The molecule has 0 spiro atoms. The molecule has 2 aliphatic rings. The molecule has 2 amide bonds. The molecule has 36 heavy (non-hydrogen) atoms. The number of hydrogen-bond donors (Lipinski definition) is 1. The number of ether oxygens (including phenoxy) is 4. The van der Waals surface area contributed by atoms with Gasteiger partial charge in [-0.3, -0.25) is 0 Å². The molecule has 192 valence electrons. The summed E-state index contributed by atoms with van der Waals surface area (Å²) < 4.78 is 22.5. The highest BCUT2D eigenvalue weighted by Gasteiger charge is 2.35. The van der Waals surface area contributed by atoms with E-state index in [-0.39, 0.29) is 12.1 Å². The van der Waals surface area contributed by atoms with Gasteiger partial charge in [0.15, 0.2) is 11.5 Å². The van der Waals surface area contributed by atoms with Crippen molar-refractivity contribution in [1.82, 2.24) is 14.8 Å². The molecule has 2 aliphatic heterocycles. The smallest absolute Gasteiger partial charge is 0.320 e. The van der Waals surface area contributed by atoms with E-state index in [1.54, 1.807) is 14.2 Å². The van der Waals surface area contributed by atoms with Crippen LogP contribution in [-0.4, -0.2) is 74.5 Å². The maximum atomic E-state index is 13.7. The molecule has 3 aromatic rings. The highest BCUT2D eigenvalue weighted by Crippen LogP contribution is 2.41. The lowest BCUT2D eigenvalue weighted by Gasteiger charge is -2.41. The first-order chi connectivity index (χ1) is 17.6. The zero-order valence-electron chi connectivity index (χ0n) is 21.3. The van der Waals surface area contributed by atoms with E-state index in [0.717, 1.165) is 53.0 Å². The molecule has 0 aliphatic carbocycles. The number of H-pyrrole nitrogens is 1. The van der Waals surface area contributed by atoms with Gasteiger partial charge in [0.1, 0.15) is 5.75 Å². The largest absolute Gasteiger partial charge is 0.495 e. The van der Waals surface area contributed by atoms with Crippen molar-refractivity contribution in [2.75, 3.05) is 53.7 Å². The van der Waals surface area contributed by atoms with Crippen molar-refractivity contribution < 1.29 is 23.7 Å². The molecule has 0 saturated carbocycles. The summed E-state index contributed by atoms with van der Waals surface area (Å²) in [5.41, 5.74) is 4.58. The summed E-state index contributed by atoms with van der Waals surface area (Å²) >= 11 is 0. The normalized spacial score (nSPS) is 17.7. The predicted molar refractivity (Wildman–Crippen MR) is 138 cm³/mol. The molecule has 1 fully saturated rings. The summed E-state index contributed by atoms with van der Waals surface area (Å²) in [6, 6.07) is 10.3. The lowest BCUT2D eigenvalue weighted by Crippen LogP contribution is -2.51. The van der Waals surface area contributed by atoms with E-state index in [0.29, 0.717) is 39.5 Å². The first-order valence-corrected chi connectivity index (χ1v) is 12.7. The number of morpholine rings is 1. The van der Waals surface area contributed by atoms with Crippen molar-refractivity contribution in [1.29, 1.82) is 0 Å². The first kappa shape index (κ1) is 24.3. The van der Waals surface area contributed by atoms with E-state index in [4.69, 9.17) is 18.9 Å². The number of amides is 2. The van der Waals surface area contributed by atoms with Crippen LogP contribution < -0.4 is 14.2 Å². The van der Waals surface area contributed by atoms with Gasteiger partial charge in [-0.05, 0) is 61.1 Å². The molecule has 1 unspecified atom stereocenters. The van der Waals surface area contributed by atoms with Crippen LogP contribution in [0, 0.1) is 0 Å². The molecular weight excluding hydrogens is 458 g/mol. The quantitative estimate of drug-likeness (QED) is 0.522. The minimum atomic E-state index is -0.0650. The summed E-state index contributed by atoms with van der Waals surface area (Å²) in [4.78, 5) is 21.0. The van der Waals surface area contributed by atoms with Crippen molar-refractivity contribution in [3.8, 4) is 17.2 Å². The fourth-order valence-electron chi connectivity index (χ4n) is 5.47. The Hall–Kier alpha value is -3.39. The van der Waals surface area contributed by atoms with E-state index >= 15 is 0 Å². The number of aromatic nitrogens is 1. The molecule has 8 heteroatoms. The highest BCUT2D eigenvalue weighted by atomic mass is 16.5. The average molecular weight is 494 g/mol. The zero-order valence-corrected chi connectivity index (χ0v) is 21.3. The third-order valence-electron chi connectivity index (χ3n) is 7.28. The topological polar surface area (TPSA) is 76.3 Å². The molecule has 3 heterocycles. The van der Waals surface area contributed by atoms with Gasteiger partial charge in [0, 0.05) is 31.2 Å². The molecule has 1 saturated heterocycles. The summed E-state index contributed by atoms with van der Waals surface area (Å²) in [6.07, 6.45) is 4.46. The van der Waals surface area contributed by atoms with Crippen LogP contribution in [0.4, 0.5) is 4.79 Å². The van der Waals surface area contributed by atoms with Gasteiger partial charge in [-0.25, -0.2) is 4.79 Å². The minimum Gasteiger partial charge on any atom is -0.495 e. The van der Waals surface area contributed by atoms with Gasteiger partial charge in [0.2, 0.25) is 0 Å². The monoisotopic (exact) mass is 493 g/mol. The van der Waals surface area contributed by atoms with Gasteiger partial charge in [0.05, 0.1) is 45.6 Å². The summed E-state index contributed by atoms with van der Waals surface area (Å²) in [6.45, 7) is 5.62. The molecule has 1 atom stereocenters. The number of nitrogens with zero attached hydrogens (tertiary/aromatic N) is 2. The number of rotatable bonds is 7. The molecular formula is C28H35N3O5. The molecule has 8 nitrogen and oxygen atoms in total. The van der Waals surface area contributed by atoms with E-state index in [2.05, 4.69) is 29.4 Å². The van der Waals surface area contributed by atoms with Crippen molar-refractivity contribution in [3.63, 3.8) is 0 Å². The van der Waals surface area contributed by atoms with Gasteiger partial charge >= 0.3 is 6.03 Å². The number of hydrogen-bond acceptors (Lipinski definition) is 5. The number of para-hydroxylation sites is 1. The Kier molecular flexibility index (Phi) is 7.23. The van der Waals surface area contributed by atoms with Crippen LogP contribution in [0.5, 0.6) is 17.2 Å². The Labute approximate surface area is 212 Å². The van der Waals surface area contributed by atoms with Crippen molar-refractivity contribution in [2.45, 2.75) is 32.2 Å². The Balaban J connectivity index is 1.49. The number of carbonyl (C=O) groups is 1. The number of fused-ring (bicyclic) bond motifs is 2. The standard InChI is InChI=1S/C28H35N3O5/c1-4-36-26-17-22-19(16-25(26)34-3)10-11-31(28(32)30-12-14-35-15-13-30)23(22)9-8-20-18-29-27-21(20)6-5-7-24(27)33-2/h5-7,16-18,23,29H,4,8-15H2,1-3H3. The number of benzene rings is 2. The van der Waals surface area contributed by atoms with Crippen LogP contribution in [0.15, 0.2) is 36.5 Å². The van der Waals surface area contributed by atoms with Gasteiger partial charge in [-0.15, -0.1) is 0 Å². The van der Waals surface area contributed by atoms with Crippen LogP contribution in [0.1, 0.15) is 36.1 Å². The van der Waals surface area contributed by atoms with Gasteiger partial charge < -0.3 is 33.7 Å². The van der Waals surface area contributed by atoms with E-state index in [1.807, 2.05) is 28.9 Å². The maximum absolute atomic E-state index is 13.7. The van der Waals surface area contributed by atoms with Crippen LogP contribution in [0.2, 0.25) is 0 Å². The number of aromatic amines is 1. The number of carbonyl (C=O) groups excluding carboxylic acids is 1. The molecule has 2 aromatic carbocycles. The second-order valence-corrected chi connectivity index (χ2v) is 9.21. The van der Waals surface area contributed by atoms with Crippen molar-refractivity contribution >= 4 is 16.9 Å². The fraction of sp³-hybridized carbons (Fsp3) is 0.464. The minimum absolute atomic E-state index is 0.0650. The SMILES string of the molecule is CCOc1cc2c(cc1OC)CCN(C(=O)N1CCOCC1)C2CCc1c[nH]c2c(OC)cccc12. The van der Waals surface area contributed by atoms with Crippen molar-refractivity contribution in [3.05, 3.63) is 53.2 Å². The first-order valence-electron chi connectivity index (χ1n) is 12.7. The van der Waals surface area contributed by atoms with Crippen molar-refractivity contribution in [2.24, 2.45) is 0 Å². The zero-order chi connectivity index (χ0) is 25.1. The summed E-state index contributed by atoms with van der Waals surface area (Å²) in [5.74, 6) is 2.30. The molecule has 0 radical (unpaired) electrons. The third kappa shape index (κ3) is 4.57. The summed E-state index contributed by atoms with van der Waals surface area (Å²) in [7, 11) is 3.36. The summed E-state index contributed by atoms with van der Waals surface area (Å²) in [5, 5.41) is 1.15. The molecule has 1 N–H and O–H groups in total. The maximum Gasteiger partial charge on any atom is 0.320 e. The van der Waals surface area contributed by atoms with Crippen LogP contribution in [0.25, 0.3) is 10.9 Å². The number of aryl methyl sites for hydroxylation is 1. The van der Waals surface area contributed by atoms with Crippen LogP contribution >= 0.6 is 0 Å². The van der Waals surface area contributed by atoms with Gasteiger partial charge in [-0.1, -0.05) is 12.1 Å². The predicted octanol–water partition coefficient (Wildman–Crippen LogP) is 4.57. The Morgan fingerprint density at radius 1 is 1.08 bits per heavy atom. The third-order valence-corrected chi connectivity index (χ3v) is 7.28. The van der Waals surface area contributed by atoms with Crippen LogP contribution in [0.3, 0.4) is 0 Å². The molecule has 5 rings (SSSR count). The Morgan fingerprint density at radius 2 is 1.89 bits per heavy atom. The molecule has 0 bridgehead atoms. The second-order valence-electron chi connectivity index (χ2n) is 9.21. The van der Waals surface area contributed by atoms with Gasteiger partial charge in [-0.2, -0.15) is 0 Å². The Bertz CT molecular complexity index is 1220. The highest BCUT2D eigenvalue weighted by molar-refractivity contribution is 5.88.